The van der Waals surface area contributed by atoms with Gasteiger partial charge in [-0.05, 0) is 25.8 Å². The summed E-state index contributed by atoms with van der Waals surface area (Å²) in [6.45, 7) is 4.46. The number of aromatic nitrogens is 4. The monoisotopic (exact) mass is 410 g/mol. The van der Waals surface area contributed by atoms with Gasteiger partial charge in [-0.3, -0.25) is 9.20 Å². The van der Waals surface area contributed by atoms with Gasteiger partial charge in [0.1, 0.15) is 5.82 Å². The second-order valence-electron chi connectivity index (χ2n) is 8.02. The average molecular weight is 410 g/mol. The third kappa shape index (κ3) is 2.76. The highest BCUT2D eigenvalue weighted by atomic mass is 32.1. The normalized spacial score (nSPS) is 18.2. The first kappa shape index (κ1) is 17.1. The Bertz CT molecular complexity index is 1330. The number of hydrogen-bond acceptors (Lipinski definition) is 6. The number of anilines is 1. The van der Waals surface area contributed by atoms with Crippen molar-refractivity contribution < 1.29 is 4.39 Å². The SMILES string of the molecule is Cc1cn2cc(-c3cn4c(=O)cc(N5CCNC6(CC6)C5)nc4s3)cc(F)c2n1. The number of pyridine rings is 1. The molecular weight excluding hydrogens is 391 g/mol. The molecule has 2 fully saturated rings. The molecule has 9 heteroatoms. The van der Waals surface area contributed by atoms with Crippen LogP contribution in [-0.2, 0) is 0 Å². The number of piperazine rings is 1. The van der Waals surface area contributed by atoms with E-state index in [0.717, 1.165) is 36.0 Å². The zero-order valence-corrected chi connectivity index (χ0v) is 16.7. The van der Waals surface area contributed by atoms with E-state index in [2.05, 4.69) is 15.2 Å². The second kappa shape index (κ2) is 5.87. The lowest BCUT2D eigenvalue weighted by molar-refractivity contribution is 0.440. The first-order valence-electron chi connectivity index (χ1n) is 9.68. The van der Waals surface area contributed by atoms with E-state index in [1.54, 1.807) is 27.3 Å². The summed E-state index contributed by atoms with van der Waals surface area (Å²) >= 11 is 1.39. The summed E-state index contributed by atoms with van der Waals surface area (Å²) in [5.74, 6) is 0.340. The molecule has 1 N–H and O–H groups in total. The Morgan fingerprint density at radius 1 is 1.21 bits per heavy atom. The van der Waals surface area contributed by atoms with Gasteiger partial charge in [-0.15, -0.1) is 0 Å². The maximum atomic E-state index is 14.5. The number of hydrogen-bond donors (Lipinski definition) is 1. The molecule has 4 aromatic rings. The molecule has 1 aliphatic heterocycles. The van der Waals surface area contributed by atoms with Gasteiger partial charge in [0.2, 0.25) is 0 Å². The van der Waals surface area contributed by atoms with E-state index < -0.39 is 0 Å². The van der Waals surface area contributed by atoms with Crippen LogP contribution in [0.2, 0.25) is 0 Å². The molecule has 1 saturated carbocycles. The molecule has 1 aliphatic carbocycles. The predicted octanol–water partition coefficient (Wildman–Crippen LogP) is 2.46. The fourth-order valence-corrected chi connectivity index (χ4v) is 5.10. The zero-order chi connectivity index (χ0) is 19.8. The van der Waals surface area contributed by atoms with Gasteiger partial charge >= 0.3 is 0 Å². The lowest BCUT2D eigenvalue weighted by Gasteiger charge is -2.34. The van der Waals surface area contributed by atoms with Gasteiger partial charge in [-0.1, -0.05) is 11.3 Å². The maximum absolute atomic E-state index is 14.5. The Labute approximate surface area is 169 Å². The Morgan fingerprint density at radius 3 is 2.90 bits per heavy atom. The Hall–Kier alpha value is -2.78. The summed E-state index contributed by atoms with van der Waals surface area (Å²) in [5.41, 5.74) is 1.85. The van der Waals surface area contributed by atoms with Gasteiger partial charge in [-0.2, -0.15) is 0 Å². The van der Waals surface area contributed by atoms with Crippen LogP contribution in [0, 0.1) is 12.7 Å². The first-order valence-corrected chi connectivity index (χ1v) is 10.5. The van der Waals surface area contributed by atoms with Crippen molar-refractivity contribution in [2.24, 2.45) is 0 Å². The highest BCUT2D eigenvalue weighted by Gasteiger charge is 2.45. The van der Waals surface area contributed by atoms with E-state index in [0.29, 0.717) is 16.2 Å². The molecule has 1 spiro atoms. The molecule has 0 aromatic carbocycles. The highest BCUT2D eigenvalue weighted by Crippen LogP contribution is 2.38. The van der Waals surface area contributed by atoms with Crippen molar-refractivity contribution in [3.05, 3.63) is 52.6 Å². The molecule has 0 bridgehead atoms. The minimum absolute atomic E-state index is 0.115. The van der Waals surface area contributed by atoms with Crippen molar-refractivity contribution in [2.45, 2.75) is 25.3 Å². The molecule has 29 heavy (non-hydrogen) atoms. The molecule has 4 aromatic heterocycles. The van der Waals surface area contributed by atoms with Gasteiger partial charge in [0, 0.05) is 55.4 Å². The molecule has 0 atom stereocenters. The van der Waals surface area contributed by atoms with Crippen molar-refractivity contribution in [2.75, 3.05) is 24.5 Å². The van der Waals surface area contributed by atoms with Crippen molar-refractivity contribution >= 4 is 27.8 Å². The fourth-order valence-electron chi connectivity index (χ4n) is 4.14. The molecule has 1 saturated heterocycles. The standard InChI is InChI=1S/C20H19FN6OS/c1-12-8-26-9-13(6-14(21)18(26)23-12)15-10-27-17(28)7-16(24-19(27)29-15)25-5-4-22-20(11-25)2-3-20/h6-10,22H,2-5,11H2,1H3. The number of halogens is 1. The Kier molecular flexibility index (Phi) is 3.46. The number of fused-ring (bicyclic) bond motifs is 2. The molecule has 0 radical (unpaired) electrons. The molecule has 0 unspecified atom stereocenters. The van der Waals surface area contributed by atoms with E-state index in [9.17, 15) is 9.18 Å². The van der Waals surface area contributed by atoms with Crippen LogP contribution in [0.25, 0.3) is 21.0 Å². The summed E-state index contributed by atoms with van der Waals surface area (Å²) in [4.78, 5) is 25.3. The van der Waals surface area contributed by atoms with Gasteiger partial charge in [0.05, 0.1) is 10.6 Å². The van der Waals surface area contributed by atoms with Crippen molar-refractivity contribution in [1.82, 2.24) is 24.1 Å². The molecular formula is C20H19FN6OS. The van der Waals surface area contributed by atoms with Crippen molar-refractivity contribution in [3.8, 4) is 10.4 Å². The maximum Gasteiger partial charge on any atom is 0.260 e. The number of imidazole rings is 1. The molecule has 148 valence electrons. The van der Waals surface area contributed by atoms with Gasteiger partial charge < -0.3 is 14.6 Å². The van der Waals surface area contributed by atoms with E-state index >= 15 is 0 Å². The number of aryl methyl sites for hydroxylation is 1. The van der Waals surface area contributed by atoms with Crippen LogP contribution < -0.4 is 15.8 Å². The number of nitrogens with one attached hydrogen (secondary N) is 1. The molecule has 0 amide bonds. The summed E-state index contributed by atoms with van der Waals surface area (Å²) in [6.07, 6.45) is 7.72. The van der Waals surface area contributed by atoms with E-state index in [1.807, 2.05) is 13.1 Å². The van der Waals surface area contributed by atoms with Crippen LogP contribution in [0.15, 0.2) is 35.5 Å². The number of rotatable bonds is 2. The Morgan fingerprint density at radius 2 is 2.07 bits per heavy atom. The van der Waals surface area contributed by atoms with Gasteiger partial charge in [0.15, 0.2) is 16.4 Å². The zero-order valence-electron chi connectivity index (χ0n) is 15.9. The van der Waals surface area contributed by atoms with Crippen molar-refractivity contribution in [3.63, 3.8) is 0 Å². The van der Waals surface area contributed by atoms with Crippen LogP contribution in [-0.4, -0.2) is 43.9 Å². The smallest absolute Gasteiger partial charge is 0.260 e. The topological polar surface area (TPSA) is 66.9 Å². The van der Waals surface area contributed by atoms with Crippen molar-refractivity contribution in [1.29, 1.82) is 0 Å². The lowest BCUT2D eigenvalue weighted by atomic mass is 10.2. The van der Waals surface area contributed by atoms with E-state index in [1.165, 1.54) is 30.2 Å². The third-order valence-corrected chi connectivity index (χ3v) is 6.85. The quantitative estimate of drug-likeness (QED) is 0.550. The third-order valence-electron chi connectivity index (χ3n) is 5.82. The highest BCUT2D eigenvalue weighted by molar-refractivity contribution is 7.20. The minimum Gasteiger partial charge on any atom is -0.353 e. The fraction of sp³-hybridized carbons (Fsp3) is 0.350. The van der Waals surface area contributed by atoms with Gasteiger partial charge in [-0.25, -0.2) is 14.4 Å². The predicted molar refractivity (Wildman–Crippen MR) is 110 cm³/mol. The van der Waals surface area contributed by atoms with Gasteiger partial charge in [0.25, 0.3) is 5.56 Å². The molecule has 6 rings (SSSR count). The average Bonchev–Trinajstić information content (AvgIpc) is 3.12. The van der Waals surface area contributed by atoms with Crippen LogP contribution in [0.1, 0.15) is 18.5 Å². The van der Waals surface area contributed by atoms with Crippen LogP contribution in [0.3, 0.4) is 0 Å². The largest absolute Gasteiger partial charge is 0.353 e. The first-order chi connectivity index (χ1) is 14.0. The minimum atomic E-state index is -0.385. The van der Waals surface area contributed by atoms with Crippen LogP contribution >= 0.6 is 11.3 Å². The number of nitrogens with zero attached hydrogens (tertiary/aromatic N) is 5. The summed E-state index contributed by atoms with van der Waals surface area (Å²) < 4.78 is 17.7. The Balaban J connectivity index is 1.43. The molecule has 5 heterocycles. The molecule has 2 aliphatic rings. The second-order valence-corrected chi connectivity index (χ2v) is 9.03. The van der Waals surface area contributed by atoms with E-state index in [4.69, 9.17) is 4.98 Å². The summed E-state index contributed by atoms with van der Waals surface area (Å²) in [6, 6.07) is 3.07. The van der Waals surface area contributed by atoms with Crippen LogP contribution in [0.5, 0.6) is 0 Å². The number of thiazole rings is 1. The summed E-state index contributed by atoms with van der Waals surface area (Å²) in [5, 5.41) is 3.58. The van der Waals surface area contributed by atoms with Crippen LogP contribution in [0.4, 0.5) is 10.2 Å². The van der Waals surface area contributed by atoms with E-state index in [-0.39, 0.29) is 16.9 Å². The molecule has 7 nitrogen and oxygen atoms in total. The summed E-state index contributed by atoms with van der Waals surface area (Å²) in [7, 11) is 0. The lowest BCUT2D eigenvalue weighted by Crippen LogP contribution is -2.53.